The number of nitrogens with one attached hydrogen (secondary N) is 1. The summed E-state index contributed by atoms with van der Waals surface area (Å²) in [5.41, 5.74) is -0.142. The van der Waals surface area contributed by atoms with Crippen LogP contribution in [0.5, 0.6) is 11.5 Å². The minimum Gasteiger partial charge on any atom is -0.461 e. The number of rotatable bonds is 11. The lowest BCUT2D eigenvalue weighted by molar-refractivity contribution is -0.384. The summed E-state index contributed by atoms with van der Waals surface area (Å²) in [4.78, 5) is 22.6. The van der Waals surface area contributed by atoms with Crippen LogP contribution in [-0.4, -0.2) is 23.0 Å². The zero-order chi connectivity index (χ0) is 22.1. The van der Waals surface area contributed by atoms with Crippen molar-refractivity contribution >= 4 is 19.4 Å². The molecule has 0 bridgehead atoms. The molecule has 0 radical (unpaired) electrons. The summed E-state index contributed by atoms with van der Waals surface area (Å²) in [7, 11) is -4.09. The second-order valence-electron chi connectivity index (χ2n) is 6.47. The molecule has 10 heteroatoms. The van der Waals surface area contributed by atoms with Crippen LogP contribution in [0.4, 0.5) is 5.69 Å². The van der Waals surface area contributed by atoms with Gasteiger partial charge >= 0.3 is 13.7 Å². The third-order valence-electron chi connectivity index (χ3n) is 4.14. The number of ether oxygens (including phenoxy) is 1. The Morgan fingerprint density at radius 2 is 1.57 bits per heavy atom. The van der Waals surface area contributed by atoms with Crippen LogP contribution >= 0.6 is 7.75 Å². The minimum absolute atomic E-state index is 0.0768. The molecule has 0 fully saturated rings. The highest BCUT2D eigenvalue weighted by atomic mass is 31.2. The largest absolute Gasteiger partial charge is 0.513 e. The molecule has 0 saturated carbocycles. The summed E-state index contributed by atoms with van der Waals surface area (Å²) in [5.74, 6) is -0.253. The molecule has 2 rings (SSSR count). The molecular formula is C20H25N2O7P. The Hall–Kier alpha value is -2.90. The van der Waals surface area contributed by atoms with E-state index < -0.39 is 24.7 Å². The molecule has 0 aromatic heterocycles. The van der Waals surface area contributed by atoms with Gasteiger partial charge in [-0.25, -0.2) is 4.57 Å². The van der Waals surface area contributed by atoms with E-state index in [2.05, 4.69) is 5.09 Å². The Kier molecular flexibility index (Phi) is 8.38. The quantitative estimate of drug-likeness (QED) is 0.229. The maximum absolute atomic E-state index is 13.4. The molecule has 9 nitrogen and oxygen atoms in total. The maximum atomic E-state index is 13.4. The summed E-state index contributed by atoms with van der Waals surface area (Å²) in [5, 5.41) is 13.4. The predicted molar refractivity (Wildman–Crippen MR) is 111 cm³/mol. The standard InChI is InChI=1S/C20H25N2O7P/c1-4-17(5-2)27-20(23)15(3)21-30(26,28-18-9-7-6-8-10-18)29-19-13-11-16(12-14-19)22(24)25/h6-15,17H,4-5H2,1-3H3,(H,21,26)/t15-,30?/m0/s1. The van der Waals surface area contributed by atoms with E-state index in [0.717, 1.165) is 0 Å². The lowest BCUT2D eigenvalue weighted by atomic mass is 10.2. The number of hydrogen-bond acceptors (Lipinski definition) is 7. The molecule has 2 aromatic rings. The van der Waals surface area contributed by atoms with Crippen molar-refractivity contribution < 1.29 is 28.1 Å². The molecule has 30 heavy (non-hydrogen) atoms. The molecule has 2 atom stereocenters. The predicted octanol–water partition coefficient (Wildman–Crippen LogP) is 4.87. The second-order valence-corrected chi connectivity index (χ2v) is 8.09. The molecule has 1 unspecified atom stereocenters. The average Bonchev–Trinajstić information content (AvgIpc) is 2.72. The Morgan fingerprint density at radius 3 is 2.07 bits per heavy atom. The van der Waals surface area contributed by atoms with Crippen LogP contribution in [0.1, 0.15) is 33.6 Å². The van der Waals surface area contributed by atoms with Crippen molar-refractivity contribution in [2.75, 3.05) is 0 Å². The first kappa shape index (κ1) is 23.4. The van der Waals surface area contributed by atoms with E-state index in [-0.39, 0.29) is 23.3 Å². The van der Waals surface area contributed by atoms with E-state index in [1.807, 2.05) is 13.8 Å². The van der Waals surface area contributed by atoms with E-state index in [1.54, 1.807) is 30.3 Å². The van der Waals surface area contributed by atoms with Gasteiger partial charge in [-0.3, -0.25) is 14.9 Å². The average molecular weight is 436 g/mol. The number of benzene rings is 2. The first-order chi connectivity index (χ1) is 14.3. The maximum Gasteiger partial charge on any atom is 0.513 e. The van der Waals surface area contributed by atoms with Crippen molar-refractivity contribution in [1.82, 2.24) is 5.09 Å². The van der Waals surface area contributed by atoms with Crippen LogP contribution in [-0.2, 0) is 14.1 Å². The van der Waals surface area contributed by atoms with Gasteiger partial charge in [0.25, 0.3) is 5.69 Å². The number of carbonyl (C=O) groups is 1. The van der Waals surface area contributed by atoms with E-state index in [9.17, 15) is 19.5 Å². The first-order valence-electron chi connectivity index (χ1n) is 9.53. The van der Waals surface area contributed by atoms with Gasteiger partial charge in [0, 0.05) is 12.1 Å². The van der Waals surface area contributed by atoms with Crippen LogP contribution in [0.15, 0.2) is 54.6 Å². The van der Waals surface area contributed by atoms with Gasteiger partial charge in [0.15, 0.2) is 0 Å². The number of nitro groups is 1. The molecule has 0 aliphatic rings. The molecule has 0 saturated heterocycles. The van der Waals surface area contributed by atoms with E-state index in [1.165, 1.54) is 31.2 Å². The van der Waals surface area contributed by atoms with Gasteiger partial charge in [-0.15, -0.1) is 0 Å². The third kappa shape index (κ3) is 6.86. The van der Waals surface area contributed by atoms with E-state index in [4.69, 9.17) is 13.8 Å². The number of non-ortho nitro benzene ring substituents is 1. The fraction of sp³-hybridized carbons (Fsp3) is 0.350. The second kappa shape index (κ2) is 10.8. The zero-order valence-corrected chi connectivity index (χ0v) is 17.9. The molecule has 0 aliphatic carbocycles. The fourth-order valence-corrected chi connectivity index (χ4v) is 3.99. The Morgan fingerprint density at radius 1 is 1.03 bits per heavy atom. The van der Waals surface area contributed by atoms with Crippen molar-refractivity contribution in [2.24, 2.45) is 0 Å². The molecule has 2 aromatic carbocycles. The number of nitro benzene ring substituents is 1. The van der Waals surface area contributed by atoms with Crippen molar-refractivity contribution in [2.45, 2.75) is 45.8 Å². The van der Waals surface area contributed by atoms with Crippen molar-refractivity contribution in [1.29, 1.82) is 0 Å². The van der Waals surface area contributed by atoms with Gasteiger partial charge in [-0.2, -0.15) is 5.09 Å². The van der Waals surface area contributed by atoms with Gasteiger partial charge in [0.2, 0.25) is 0 Å². The SMILES string of the molecule is CCC(CC)OC(=O)[C@H](C)NP(=O)(Oc1ccccc1)Oc1ccc([N+](=O)[O-])cc1. The van der Waals surface area contributed by atoms with Crippen LogP contribution < -0.4 is 14.1 Å². The Bertz CT molecular complexity index is 886. The monoisotopic (exact) mass is 436 g/mol. The summed E-state index contributed by atoms with van der Waals surface area (Å²) in [6.07, 6.45) is 1.07. The highest BCUT2D eigenvalue weighted by Crippen LogP contribution is 2.45. The lowest BCUT2D eigenvalue weighted by Gasteiger charge is -2.24. The number of hydrogen-bond donors (Lipinski definition) is 1. The number of nitrogens with zero attached hydrogens (tertiary/aromatic N) is 1. The molecule has 0 spiro atoms. The molecular weight excluding hydrogens is 411 g/mol. The third-order valence-corrected chi connectivity index (χ3v) is 5.75. The normalized spacial score (nSPS) is 13.9. The molecule has 0 amide bonds. The van der Waals surface area contributed by atoms with Gasteiger partial charge < -0.3 is 13.8 Å². The summed E-state index contributed by atoms with van der Waals surface area (Å²) < 4.78 is 29.9. The molecule has 0 aliphatic heterocycles. The van der Waals surface area contributed by atoms with Gasteiger partial charge in [0.05, 0.1) is 4.92 Å². The van der Waals surface area contributed by atoms with Crippen LogP contribution in [0.3, 0.4) is 0 Å². The topological polar surface area (TPSA) is 117 Å². The van der Waals surface area contributed by atoms with Gasteiger partial charge in [-0.05, 0) is 44.0 Å². The molecule has 162 valence electrons. The van der Waals surface area contributed by atoms with E-state index >= 15 is 0 Å². The van der Waals surface area contributed by atoms with Crippen molar-refractivity contribution in [3.05, 3.63) is 64.7 Å². The number of carbonyl (C=O) groups excluding carboxylic acids is 1. The highest BCUT2D eigenvalue weighted by molar-refractivity contribution is 7.52. The van der Waals surface area contributed by atoms with Gasteiger partial charge in [0.1, 0.15) is 23.6 Å². The minimum atomic E-state index is -4.09. The van der Waals surface area contributed by atoms with Gasteiger partial charge in [-0.1, -0.05) is 32.0 Å². The fourth-order valence-electron chi connectivity index (χ4n) is 2.47. The van der Waals surface area contributed by atoms with E-state index in [0.29, 0.717) is 12.8 Å². The molecule has 0 heterocycles. The van der Waals surface area contributed by atoms with Crippen molar-refractivity contribution in [3.63, 3.8) is 0 Å². The first-order valence-corrected chi connectivity index (χ1v) is 11.1. The zero-order valence-electron chi connectivity index (χ0n) is 17.0. The summed E-state index contributed by atoms with van der Waals surface area (Å²) >= 11 is 0. The summed E-state index contributed by atoms with van der Waals surface area (Å²) in [6.45, 7) is 5.30. The van der Waals surface area contributed by atoms with Crippen LogP contribution in [0.2, 0.25) is 0 Å². The van der Waals surface area contributed by atoms with Crippen molar-refractivity contribution in [3.8, 4) is 11.5 Å². The Labute approximate surface area is 175 Å². The van der Waals surface area contributed by atoms with Crippen LogP contribution in [0, 0.1) is 10.1 Å². The Balaban J connectivity index is 2.21. The number of esters is 1. The summed E-state index contributed by atoms with van der Waals surface area (Å²) in [6, 6.07) is 12.4. The number of para-hydroxylation sites is 1. The highest BCUT2D eigenvalue weighted by Gasteiger charge is 2.34. The van der Waals surface area contributed by atoms with Crippen LogP contribution in [0.25, 0.3) is 0 Å². The smallest absolute Gasteiger partial charge is 0.461 e. The molecule has 1 N–H and O–H groups in total. The lowest BCUT2D eigenvalue weighted by Crippen LogP contribution is -2.37.